The summed E-state index contributed by atoms with van der Waals surface area (Å²) in [6, 6.07) is 11.4. The molecule has 0 bridgehead atoms. The first-order chi connectivity index (χ1) is 23.9. The number of aliphatic carboxylic acids is 1. The Hall–Kier alpha value is -4.25. The second kappa shape index (κ2) is 24.8. The van der Waals surface area contributed by atoms with Gasteiger partial charge in [0.2, 0.25) is 17.7 Å². The van der Waals surface area contributed by atoms with Crippen molar-refractivity contribution in [2.75, 3.05) is 13.6 Å². The van der Waals surface area contributed by atoms with E-state index in [0.717, 1.165) is 36.8 Å². The first-order valence-electron chi connectivity index (χ1n) is 18.0. The van der Waals surface area contributed by atoms with Crippen LogP contribution in [-0.2, 0) is 36.8 Å². The lowest BCUT2D eigenvalue weighted by atomic mass is 10.0. The minimum absolute atomic E-state index is 0.0590. The molecule has 278 valence electrons. The highest BCUT2D eigenvalue weighted by atomic mass is 16.4. The van der Waals surface area contributed by atoms with E-state index in [1.807, 2.05) is 58.0 Å². The fraction of sp³-hybridized carbons (Fsp3) is 0.564. The van der Waals surface area contributed by atoms with E-state index in [4.69, 9.17) is 0 Å². The molecule has 0 aliphatic carbocycles. The largest absolute Gasteiger partial charge is 0.508 e. The van der Waals surface area contributed by atoms with E-state index < -0.39 is 35.9 Å². The SMILES string of the molecule is CC.CNC(Cc1ccc(O)c(C)c1)C(=O)NC(Cc1ccccc1)C(=O)NC(CCCCNC(=O)CCCCCCC(=O)C(C)C)C(=O)O. The Labute approximate surface area is 298 Å². The molecule has 11 heteroatoms. The van der Waals surface area contributed by atoms with Crippen molar-refractivity contribution in [1.29, 1.82) is 0 Å². The van der Waals surface area contributed by atoms with Crippen molar-refractivity contribution in [2.45, 2.75) is 123 Å². The summed E-state index contributed by atoms with van der Waals surface area (Å²) in [7, 11) is 1.65. The fourth-order valence-electron chi connectivity index (χ4n) is 5.28. The van der Waals surface area contributed by atoms with Crippen LogP contribution in [0.4, 0.5) is 0 Å². The molecule has 2 aromatic carbocycles. The van der Waals surface area contributed by atoms with E-state index in [-0.39, 0.29) is 36.2 Å². The number of benzene rings is 2. The molecule has 6 N–H and O–H groups in total. The molecule has 0 heterocycles. The normalized spacial score (nSPS) is 12.5. The van der Waals surface area contributed by atoms with Gasteiger partial charge in [-0.25, -0.2) is 4.79 Å². The molecule has 0 radical (unpaired) electrons. The highest BCUT2D eigenvalue weighted by Gasteiger charge is 2.29. The zero-order valence-corrected chi connectivity index (χ0v) is 30.8. The third-order valence-electron chi connectivity index (χ3n) is 8.36. The smallest absolute Gasteiger partial charge is 0.326 e. The van der Waals surface area contributed by atoms with Gasteiger partial charge in [-0.3, -0.25) is 19.2 Å². The first kappa shape index (κ1) is 43.8. The van der Waals surface area contributed by atoms with Gasteiger partial charge in [0.25, 0.3) is 0 Å². The number of hydrogen-bond donors (Lipinski definition) is 6. The topological polar surface area (TPSA) is 174 Å². The number of rotatable bonds is 23. The predicted octanol–water partition coefficient (Wildman–Crippen LogP) is 5.01. The van der Waals surface area contributed by atoms with Gasteiger partial charge in [-0.05, 0) is 75.3 Å². The fourth-order valence-corrected chi connectivity index (χ4v) is 5.28. The molecule has 11 nitrogen and oxygen atoms in total. The van der Waals surface area contributed by atoms with Gasteiger partial charge in [-0.1, -0.05) is 83.0 Å². The van der Waals surface area contributed by atoms with E-state index in [1.54, 1.807) is 32.2 Å². The van der Waals surface area contributed by atoms with Crippen molar-refractivity contribution in [2.24, 2.45) is 5.92 Å². The first-order valence-corrected chi connectivity index (χ1v) is 18.0. The highest BCUT2D eigenvalue weighted by molar-refractivity contribution is 5.92. The number of Topliss-reactive ketones (excluding diaryl/α,β-unsaturated/α-hetero) is 1. The van der Waals surface area contributed by atoms with Crippen LogP contribution in [0.15, 0.2) is 48.5 Å². The second-order valence-electron chi connectivity index (χ2n) is 12.7. The number of carboxylic acid groups (broad SMARTS) is 1. The summed E-state index contributed by atoms with van der Waals surface area (Å²) >= 11 is 0. The number of phenols is 1. The zero-order valence-electron chi connectivity index (χ0n) is 30.8. The van der Waals surface area contributed by atoms with E-state index >= 15 is 0 Å². The Balaban J connectivity index is 0.00000613. The molecule has 0 saturated carbocycles. The standard InChI is InChI=1S/C37H54N4O7.C2H6/c1-25(2)32(42)17-10-5-6-11-18-34(44)39-21-13-12-16-29(37(47)48)40-36(46)31(23-27-14-8-7-9-15-27)41-35(45)30(38-4)24-28-19-20-33(43)26(3)22-28;1-2/h7-9,14-15,19-20,22,25,29-31,38,43H,5-6,10-13,16-18,21,23-24H2,1-4H3,(H,39,44)(H,40,46)(H,41,45)(H,47,48);1-2H3. The number of carbonyl (C=O) groups is 5. The van der Waals surface area contributed by atoms with Crippen molar-refractivity contribution in [3.63, 3.8) is 0 Å². The Kier molecular flexibility index (Phi) is 21.7. The van der Waals surface area contributed by atoms with E-state index in [0.29, 0.717) is 44.2 Å². The van der Waals surface area contributed by atoms with Crippen LogP contribution in [0.2, 0.25) is 0 Å². The van der Waals surface area contributed by atoms with Gasteiger partial charge in [0.05, 0.1) is 6.04 Å². The molecule has 0 aliphatic rings. The molecule has 2 rings (SSSR count). The minimum atomic E-state index is -1.18. The molecule has 0 aromatic heterocycles. The lowest BCUT2D eigenvalue weighted by molar-refractivity contribution is -0.142. The molecule has 50 heavy (non-hydrogen) atoms. The van der Waals surface area contributed by atoms with Crippen LogP contribution in [0.25, 0.3) is 0 Å². The maximum Gasteiger partial charge on any atom is 0.326 e. The number of aromatic hydroxyl groups is 1. The molecule has 0 spiro atoms. The average Bonchev–Trinajstić information content (AvgIpc) is 3.10. The van der Waals surface area contributed by atoms with Gasteiger partial charge in [0.15, 0.2) is 0 Å². The summed E-state index contributed by atoms with van der Waals surface area (Å²) in [6.45, 7) is 9.98. The lowest BCUT2D eigenvalue weighted by Gasteiger charge is -2.24. The van der Waals surface area contributed by atoms with Crippen molar-refractivity contribution in [3.05, 3.63) is 65.2 Å². The lowest BCUT2D eigenvalue weighted by Crippen LogP contribution is -2.56. The molecule has 0 saturated heterocycles. The van der Waals surface area contributed by atoms with Crippen molar-refractivity contribution >= 4 is 29.5 Å². The number of ketones is 1. The third-order valence-corrected chi connectivity index (χ3v) is 8.36. The number of carboxylic acids is 1. The summed E-state index contributed by atoms with van der Waals surface area (Å²) in [5.41, 5.74) is 2.32. The van der Waals surface area contributed by atoms with Crippen LogP contribution in [-0.4, -0.2) is 71.4 Å². The Morgan fingerprint density at radius 3 is 1.92 bits per heavy atom. The number of likely N-dealkylation sites (N-methyl/N-ethyl adjacent to an activating group) is 1. The van der Waals surface area contributed by atoms with E-state index in [1.165, 1.54) is 0 Å². The van der Waals surface area contributed by atoms with Crippen molar-refractivity contribution in [3.8, 4) is 5.75 Å². The minimum Gasteiger partial charge on any atom is -0.508 e. The summed E-state index contributed by atoms with van der Waals surface area (Å²) < 4.78 is 0. The number of amides is 3. The molecule has 0 aliphatic heterocycles. The van der Waals surface area contributed by atoms with Gasteiger partial charge in [0.1, 0.15) is 23.6 Å². The Morgan fingerprint density at radius 2 is 1.32 bits per heavy atom. The van der Waals surface area contributed by atoms with Gasteiger partial charge >= 0.3 is 5.97 Å². The van der Waals surface area contributed by atoms with Crippen molar-refractivity contribution < 1.29 is 34.2 Å². The van der Waals surface area contributed by atoms with Gasteiger partial charge in [0, 0.05) is 31.7 Å². The summed E-state index contributed by atoms with van der Waals surface area (Å²) in [4.78, 5) is 62.7. The molecule has 3 amide bonds. The van der Waals surface area contributed by atoms with Crippen LogP contribution >= 0.6 is 0 Å². The maximum absolute atomic E-state index is 13.4. The molecule has 3 unspecified atom stereocenters. The maximum atomic E-state index is 13.4. The molecular weight excluding hydrogens is 636 g/mol. The molecule has 0 fully saturated rings. The van der Waals surface area contributed by atoms with Crippen molar-refractivity contribution in [1.82, 2.24) is 21.3 Å². The number of phenolic OH excluding ortho intramolecular Hbond substituents is 1. The van der Waals surface area contributed by atoms with Crippen LogP contribution < -0.4 is 21.3 Å². The van der Waals surface area contributed by atoms with Crippen LogP contribution in [0.3, 0.4) is 0 Å². The van der Waals surface area contributed by atoms with E-state index in [2.05, 4.69) is 21.3 Å². The highest BCUT2D eigenvalue weighted by Crippen LogP contribution is 2.18. The number of hydrogen-bond acceptors (Lipinski definition) is 7. The summed E-state index contributed by atoms with van der Waals surface area (Å²) in [6.07, 6.45) is 6.05. The average molecular weight is 697 g/mol. The third kappa shape index (κ3) is 17.4. The van der Waals surface area contributed by atoms with Gasteiger partial charge in [-0.2, -0.15) is 0 Å². The summed E-state index contributed by atoms with van der Waals surface area (Å²) in [5, 5.41) is 31.0. The van der Waals surface area contributed by atoms with Crippen LogP contribution in [0.1, 0.15) is 102 Å². The molecule has 3 atom stereocenters. The van der Waals surface area contributed by atoms with Crippen LogP contribution in [0, 0.1) is 12.8 Å². The number of unbranched alkanes of at least 4 members (excludes halogenated alkanes) is 4. The van der Waals surface area contributed by atoms with E-state index in [9.17, 15) is 34.2 Å². The van der Waals surface area contributed by atoms with Crippen LogP contribution in [0.5, 0.6) is 5.75 Å². The quantitative estimate of drug-likeness (QED) is 0.0880. The summed E-state index contributed by atoms with van der Waals surface area (Å²) in [5.74, 6) is -1.75. The van der Waals surface area contributed by atoms with Gasteiger partial charge in [-0.15, -0.1) is 0 Å². The molecule has 2 aromatic rings. The van der Waals surface area contributed by atoms with Gasteiger partial charge < -0.3 is 31.5 Å². The predicted molar refractivity (Wildman–Crippen MR) is 197 cm³/mol. The second-order valence-corrected chi connectivity index (χ2v) is 12.7. The number of aryl methyl sites for hydroxylation is 1. The number of carbonyl (C=O) groups excluding carboxylic acids is 4. The Bertz CT molecular complexity index is 1330. The zero-order chi connectivity index (χ0) is 37.5. The Morgan fingerprint density at radius 1 is 0.720 bits per heavy atom. The molecular formula is C39H60N4O7. The monoisotopic (exact) mass is 696 g/mol. The number of nitrogens with one attached hydrogen (secondary N) is 4.